The molecule has 1 aliphatic heterocycles. The zero-order valence-electron chi connectivity index (χ0n) is 15.7. The number of rotatable bonds is 8. The number of piperidine rings is 1. The molecule has 0 unspecified atom stereocenters. The van der Waals surface area contributed by atoms with Crippen molar-refractivity contribution in [1.29, 1.82) is 0 Å². The molecule has 8 heteroatoms. The van der Waals surface area contributed by atoms with Crippen LogP contribution < -0.4 is 14.8 Å². The lowest BCUT2D eigenvalue weighted by atomic mass is 9.97. The van der Waals surface area contributed by atoms with E-state index in [1.165, 1.54) is 4.31 Å². The van der Waals surface area contributed by atoms with E-state index in [9.17, 15) is 13.2 Å². The summed E-state index contributed by atoms with van der Waals surface area (Å²) < 4.78 is 36.4. The number of anilines is 1. The van der Waals surface area contributed by atoms with Gasteiger partial charge in [0.15, 0.2) is 0 Å². The van der Waals surface area contributed by atoms with E-state index in [0.717, 1.165) is 0 Å². The SMILES string of the molecule is CCOc1ccc(OCC)c(NC(=O)C2CCN(S(=O)(=O)CC)CC2)c1. The molecular formula is C18H28N2O5S. The van der Waals surface area contributed by atoms with Gasteiger partial charge in [-0.1, -0.05) is 0 Å². The number of carbonyl (C=O) groups excluding carboxylic acids is 1. The molecule has 1 heterocycles. The molecule has 146 valence electrons. The van der Waals surface area contributed by atoms with Crippen molar-refractivity contribution in [2.45, 2.75) is 33.6 Å². The molecule has 2 rings (SSSR count). The Labute approximate surface area is 155 Å². The van der Waals surface area contributed by atoms with Crippen molar-refractivity contribution in [3.63, 3.8) is 0 Å². The number of nitrogens with one attached hydrogen (secondary N) is 1. The van der Waals surface area contributed by atoms with Crippen molar-refractivity contribution in [2.75, 3.05) is 37.4 Å². The van der Waals surface area contributed by atoms with Gasteiger partial charge in [0.1, 0.15) is 11.5 Å². The van der Waals surface area contributed by atoms with Gasteiger partial charge < -0.3 is 14.8 Å². The van der Waals surface area contributed by atoms with E-state index in [2.05, 4.69) is 5.32 Å². The van der Waals surface area contributed by atoms with E-state index in [-0.39, 0.29) is 17.6 Å². The second-order valence-corrected chi connectivity index (χ2v) is 8.34. The summed E-state index contributed by atoms with van der Waals surface area (Å²) in [4.78, 5) is 12.6. The van der Waals surface area contributed by atoms with Gasteiger partial charge >= 0.3 is 0 Å². The maximum Gasteiger partial charge on any atom is 0.227 e. The van der Waals surface area contributed by atoms with Crippen LogP contribution in [0.4, 0.5) is 5.69 Å². The second-order valence-electron chi connectivity index (χ2n) is 6.09. The number of nitrogens with zero attached hydrogens (tertiary/aromatic N) is 1. The van der Waals surface area contributed by atoms with E-state index in [0.29, 0.717) is 56.3 Å². The van der Waals surface area contributed by atoms with Crippen molar-refractivity contribution in [3.8, 4) is 11.5 Å². The van der Waals surface area contributed by atoms with Gasteiger partial charge in [0.2, 0.25) is 15.9 Å². The zero-order valence-corrected chi connectivity index (χ0v) is 16.5. The van der Waals surface area contributed by atoms with Crippen molar-refractivity contribution >= 4 is 21.6 Å². The van der Waals surface area contributed by atoms with E-state index in [4.69, 9.17) is 9.47 Å². The highest BCUT2D eigenvalue weighted by Crippen LogP contribution is 2.31. The Morgan fingerprint density at radius 1 is 1.15 bits per heavy atom. The van der Waals surface area contributed by atoms with Crippen LogP contribution in [0.15, 0.2) is 18.2 Å². The molecule has 1 amide bonds. The first kappa shape index (κ1) is 20.5. The molecule has 0 aromatic heterocycles. The largest absolute Gasteiger partial charge is 0.494 e. The molecule has 26 heavy (non-hydrogen) atoms. The van der Waals surface area contributed by atoms with Gasteiger partial charge in [0.25, 0.3) is 0 Å². The van der Waals surface area contributed by atoms with Gasteiger partial charge in [0.05, 0.1) is 24.7 Å². The molecule has 0 spiro atoms. The third-order valence-electron chi connectivity index (χ3n) is 4.40. The summed E-state index contributed by atoms with van der Waals surface area (Å²) in [7, 11) is -3.19. The summed E-state index contributed by atoms with van der Waals surface area (Å²) in [6.45, 7) is 7.19. The molecule has 1 aliphatic rings. The fourth-order valence-corrected chi connectivity index (χ4v) is 4.09. The molecule has 1 N–H and O–H groups in total. The monoisotopic (exact) mass is 384 g/mol. The molecule has 1 aromatic rings. The van der Waals surface area contributed by atoms with Crippen LogP contribution in [0.5, 0.6) is 11.5 Å². The quantitative estimate of drug-likeness (QED) is 0.744. The Morgan fingerprint density at radius 3 is 2.38 bits per heavy atom. The third-order valence-corrected chi connectivity index (χ3v) is 6.28. The molecule has 0 atom stereocenters. The van der Waals surface area contributed by atoms with Crippen LogP contribution in [0.1, 0.15) is 33.6 Å². The normalized spacial score (nSPS) is 16.3. The Bertz CT molecular complexity index is 712. The topological polar surface area (TPSA) is 84.9 Å². The first-order valence-electron chi connectivity index (χ1n) is 9.09. The second kappa shape index (κ2) is 9.23. The van der Waals surface area contributed by atoms with Crippen molar-refractivity contribution in [3.05, 3.63) is 18.2 Å². The summed E-state index contributed by atoms with van der Waals surface area (Å²) >= 11 is 0. The highest BCUT2D eigenvalue weighted by Gasteiger charge is 2.30. The summed E-state index contributed by atoms with van der Waals surface area (Å²) in [6, 6.07) is 5.34. The smallest absolute Gasteiger partial charge is 0.227 e. The van der Waals surface area contributed by atoms with Crippen LogP contribution in [-0.2, 0) is 14.8 Å². The molecule has 0 bridgehead atoms. The number of benzene rings is 1. The van der Waals surface area contributed by atoms with Gasteiger partial charge in [-0.15, -0.1) is 0 Å². The molecular weight excluding hydrogens is 356 g/mol. The predicted molar refractivity (Wildman–Crippen MR) is 101 cm³/mol. The molecule has 0 saturated carbocycles. The molecule has 0 radical (unpaired) electrons. The minimum atomic E-state index is -3.19. The Kier molecular flexibility index (Phi) is 7.28. The average Bonchev–Trinajstić information content (AvgIpc) is 2.64. The fraction of sp³-hybridized carbons (Fsp3) is 0.611. The van der Waals surface area contributed by atoms with Crippen molar-refractivity contribution in [2.24, 2.45) is 5.92 Å². The number of ether oxygens (including phenoxy) is 2. The highest BCUT2D eigenvalue weighted by atomic mass is 32.2. The fourth-order valence-electron chi connectivity index (χ4n) is 2.96. The minimum Gasteiger partial charge on any atom is -0.494 e. The van der Waals surface area contributed by atoms with E-state index >= 15 is 0 Å². The maximum atomic E-state index is 12.6. The van der Waals surface area contributed by atoms with Crippen molar-refractivity contribution in [1.82, 2.24) is 4.31 Å². The highest BCUT2D eigenvalue weighted by molar-refractivity contribution is 7.89. The molecule has 0 aliphatic carbocycles. The van der Waals surface area contributed by atoms with Crippen molar-refractivity contribution < 1.29 is 22.7 Å². The molecule has 1 fully saturated rings. The van der Waals surface area contributed by atoms with Crippen LogP contribution in [0.25, 0.3) is 0 Å². The van der Waals surface area contributed by atoms with E-state index in [1.54, 1.807) is 25.1 Å². The molecule has 1 aromatic carbocycles. The molecule has 7 nitrogen and oxygen atoms in total. The minimum absolute atomic E-state index is 0.0891. The first-order chi connectivity index (χ1) is 12.4. The van der Waals surface area contributed by atoms with Crippen LogP contribution in [0, 0.1) is 5.92 Å². The summed E-state index contributed by atoms with van der Waals surface area (Å²) in [6.07, 6.45) is 1.03. The van der Waals surface area contributed by atoms with Crippen LogP contribution >= 0.6 is 0 Å². The number of hydrogen-bond acceptors (Lipinski definition) is 5. The van der Waals surface area contributed by atoms with Crippen LogP contribution in [-0.4, -0.2) is 50.7 Å². The van der Waals surface area contributed by atoms with E-state index < -0.39 is 10.0 Å². The Balaban J connectivity index is 2.04. The van der Waals surface area contributed by atoms with Crippen LogP contribution in [0.3, 0.4) is 0 Å². The summed E-state index contributed by atoms with van der Waals surface area (Å²) in [5.41, 5.74) is 0.575. The predicted octanol–water partition coefficient (Wildman–Crippen LogP) is 2.48. The zero-order chi connectivity index (χ0) is 19.2. The molecule has 1 saturated heterocycles. The average molecular weight is 384 g/mol. The van der Waals surface area contributed by atoms with Gasteiger partial charge in [-0.2, -0.15) is 0 Å². The summed E-state index contributed by atoms with van der Waals surface area (Å²) in [5, 5.41) is 2.92. The number of hydrogen-bond donors (Lipinski definition) is 1. The number of amides is 1. The number of carbonyl (C=O) groups is 1. The third kappa shape index (κ3) is 5.11. The number of sulfonamides is 1. The standard InChI is InChI=1S/C18H28N2O5S/c1-4-24-15-7-8-17(25-5-2)16(13-15)19-18(21)14-9-11-20(12-10-14)26(22,23)6-3/h7-8,13-14H,4-6,9-12H2,1-3H3,(H,19,21). The Hall–Kier alpha value is -1.80. The van der Waals surface area contributed by atoms with Crippen LogP contribution in [0.2, 0.25) is 0 Å². The van der Waals surface area contributed by atoms with Gasteiger partial charge in [-0.3, -0.25) is 4.79 Å². The summed E-state index contributed by atoms with van der Waals surface area (Å²) in [5.74, 6) is 1.01. The lowest BCUT2D eigenvalue weighted by molar-refractivity contribution is -0.120. The first-order valence-corrected chi connectivity index (χ1v) is 10.7. The maximum absolute atomic E-state index is 12.6. The Morgan fingerprint density at radius 2 is 1.81 bits per heavy atom. The van der Waals surface area contributed by atoms with Gasteiger partial charge in [0, 0.05) is 25.1 Å². The van der Waals surface area contributed by atoms with Gasteiger partial charge in [-0.25, -0.2) is 12.7 Å². The lowest BCUT2D eigenvalue weighted by Crippen LogP contribution is -2.42. The lowest BCUT2D eigenvalue weighted by Gasteiger charge is -2.30. The van der Waals surface area contributed by atoms with Gasteiger partial charge in [-0.05, 0) is 45.7 Å². The van der Waals surface area contributed by atoms with E-state index in [1.807, 2.05) is 13.8 Å².